The van der Waals surface area contributed by atoms with Gasteiger partial charge in [0.25, 0.3) is 17.7 Å². The standard InChI is InChI=1S/C70H110N6O11/c1-7-13-19-24-28-34-42-84-61-40-39-55(49-58(61)68(81)72-53-66(79)76-57-47-54(70(83)87-45-37-31-27-22-16-10-4)46-56(48-57)75-64(77)38-32-18-12-6)74-65(78)52-73-69(82)60-50-59(67(80)71-41-33-23-17-11-5)62(85-43-35-29-25-20-14-8-2)51-63(60)86-44-36-30-26-21-15-9-3/h39-40,46-51H,7-38,41-45,52-53H2,1-6H3,(H,71,80)(H,72,81)(H,73,82)(H,74,78)(H,75,77)(H,76,79). The minimum Gasteiger partial charge on any atom is -0.493 e. The molecule has 0 atom stereocenters. The molecule has 17 nitrogen and oxygen atoms in total. The molecule has 0 saturated heterocycles. The molecule has 0 unspecified atom stereocenters. The molecular weight excluding hydrogens is 1100 g/mol. The van der Waals surface area contributed by atoms with Crippen LogP contribution in [-0.4, -0.2) is 87.5 Å². The molecule has 0 radical (unpaired) electrons. The second-order valence-corrected chi connectivity index (χ2v) is 22.9. The fourth-order valence-corrected chi connectivity index (χ4v) is 9.81. The second-order valence-electron chi connectivity index (χ2n) is 22.9. The largest absolute Gasteiger partial charge is 0.493 e. The number of anilines is 3. The average molecular weight is 1210 g/mol. The molecule has 486 valence electrons. The molecule has 0 aliphatic rings. The first-order chi connectivity index (χ1) is 42.4. The van der Waals surface area contributed by atoms with E-state index >= 15 is 0 Å². The highest BCUT2D eigenvalue weighted by Crippen LogP contribution is 2.31. The average Bonchev–Trinajstić information content (AvgIpc) is 3.71. The van der Waals surface area contributed by atoms with Gasteiger partial charge in [-0.3, -0.25) is 28.8 Å². The minimum atomic E-state index is -0.659. The number of benzene rings is 3. The van der Waals surface area contributed by atoms with Crippen LogP contribution < -0.4 is 46.1 Å². The van der Waals surface area contributed by atoms with Gasteiger partial charge in [-0.15, -0.1) is 0 Å². The fraction of sp³-hybridized carbons (Fsp3) is 0.643. The number of unbranched alkanes of at least 4 members (excludes halogenated alkanes) is 25. The van der Waals surface area contributed by atoms with Crippen molar-refractivity contribution in [3.63, 3.8) is 0 Å². The molecule has 6 amide bonds. The minimum absolute atomic E-state index is 0.0564. The van der Waals surface area contributed by atoms with Crippen LogP contribution in [-0.2, 0) is 19.1 Å². The summed E-state index contributed by atoms with van der Waals surface area (Å²) >= 11 is 0. The predicted molar refractivity (Wildman–Crippen MR) is 351 cm³/mol. The number of esters is 1. The van der Waals surface area contributed by atoms with Crippen molar-refractivity contribution in [3.8, 4) is 17.2 Å². The fourth-order valence-electron chi connectivity index (χ4n) is 9.81. The lowest BCUT2D eigenvalue weighted by Gasteiger charge is -2.18. The smallest absolute Gasteiger partial charge is 0.338 e. The highest BCUT2D eigenvalue weighted by Gasteiger charge is 2.24. The number of rotatable bonds is 51. The summed E-state index contributed by atoms with van der Waals surface area (Å²) in [5, 5.41) is 16.8. The number of amides is 6. The molecule has 0 aliphatic carbocycles. The number of hydrogen-bond acceptors (Lipinski definition) is 11. The topological polar surface area (TPSA) is 229 Å². The third-order valence-corrected chi connectivity index (χ3v) is 15.0. The third kappa shape index (κ3) is 32.8. The maximum Gasteiger partial charge on any atom is 0.338 e. The quantitative estimate of drug-likeness (QED) is 0.0230. The first-order valence-electron chi connectivity index (χ1n) is 33.6. The van der Waals surface area contributed by atoms with Crippen molar-refractivity contribution < 1.29 is 52.5 Å². The summed E-state index contributed by atoms with van der Waals surface area (Å²) in [6.07, 6.45) is 31.7. The Kier molecular flexibility index (Phi) is 40.7. The van der Waals surface area contributed by atoms with Gasteiger partial charge in [0.15, 0.2) is 0 Å². The van der Waals surface area contributed by atoms with Crippen molar-refractivity contribution in [2.24, 2.45) is 0 Å². The molecule has 0 fully saturated rings. The van der Waals surface area contributed by atoms with E-state index in [1.54, 1.807) is 24.3 Å². The molecule has 0 aliphatic heterocycles. The van der Waals surface area contributed by atoms with Crippen molar-refractivity contribution >= 4 is 58.5 Å². The van der Waals surface area contributed by atoms with Gasteiger partial charge >= 0.3 is 5.97 Å². The number of nitrogens with one attached hydrogen (secondary N) is 6. The van der Waals surface area contributed by atoms with E-state index < -0.39 is 42.7 Å². The Bertz CT molecular complexity index is 2480. The lowest BCUT2D eigenvalue weighted by Crippen LogP contribution is -2.34. The molecule has 3 rings (SSSR count). The van der Waals surface area contributed by atoms with E-state index in [1.807, 2.05) is 0 Å². The summed E-state index contributed by atoms with van der Waals surface area (Å²) in [5.41, 5.74) is 1.26. The monoisotopic (exact) mass is 1210 g/mol. The molecule has 17 heteroatoms. The van der Waals surface area contributed by atoms with Crippen LogP contribution in [0.15, 0.2) is 48.5 Å². The molecule has 0 bridgehead atoms. The SMILES string of the molecule is CCCCCCCCOC(=O)c1cc(NC(=O)CCCCC)cc(NC(=O)CNC(=O)c2cc(NC(=O)CNC(=O)c3cc(C(=O)NCCCCCC)c(OCCCCCCCC)cc3OCCCCCCCC)ccc2OCCCCCCCC)c1. The molecule has 0 spiro atoms. The highest BCUT2D eigenvalue weighted by molar-refractivity contribution is 6.06. The number of hydrogen-bond donors (Lipinski definition) is 6. The summed E-state index contributed by atoms with van der Waals surface area (Å²) < 4.78 is 24.3. The number of ether oxygens (including phenoxy) is 4. The van der Waals surface area contributed by atoms with E-state index in [1.165, 1.54) is 37.1 Å². The molecule has 0 saturated carbocycles. The Morgan fingerprint density at radius 2 is 0.713 bits per heavy atom. The van der Waals surface area contributed by atoms with Crippen LogP contribution in [0.5, 0.6) is 17.2 Å². The summed E-state index contributed by atoms with van der Waals surface area (Å²) in [7, 11) is 0. The Balaban J connectivity index is 1.85. The van der Waals surface area contributed by atoms with Crippen molar-refractivity contribution in [2.75, 3.05) is 62.0 Å². The molecule has 6 N–H and O–H groups in total. The van der Waals surface area contributed by atoms with Gasteiger partial charge in [0, 0.05) is 36.1 Å². The predicted octanol–water partition coefficient (Wildman–Crippen LogP) is 16.0. The van der Waals surface area contributed by atoms with Gasteiger partial charge in [-0.25, -0.2) is 4.79 Å². The van der Waals surface area contributed by atoms with Crippen molar-refractivity contribution in [1.29, 1.82) is 0 Å². The van der Waals surface area contributed by atoms with Gasteiger partial charge in [-0.1, -0.05) is 202 Å². The van der Waals surface area contributed by atoms with Gasteiger partial charge in [0.2, 0.25) is 17.7 Å². The van der Waals surface area contributed by atoms with Crippen molar-refractivity contribution in [3.05, 3.63) is 70.8 Å². The maximum absolute atomic E-state index is 14.2. The molecule has 0 aromatic heterocycles. The van der Waals surface area contributed by atoms with Gasteiger partial charge in [0.1, 0.15) is 17.2 Å². The van der Waals surface area contributed by atoms with Gasteiger partial charge in [-0.2, -0.15) is 0 Å². The number of carbonyl (C=O) groups excluding carboxylic acids is 7. The summed E-state index contributed by atoms with van der Waals surface area (Å²) in [4.78, 5) is 95.6. The van der Waals surface area contributed by atoms with E-state index in [0.29, 0.717) is 50.6 Å². The zero-order valence-corrected chi connectivity index (χ0v) is 54.2. The summed E-state index contributed by atoms with van der Waals surface area (Å²) in [6, 6.07) is 12.3. The molecular formula is C70H110N6O11. The maximum atomic E-state index is 14.2. The van der Waals surface area contributed by atoms with E-state index in [0.717, 1.165) is 180 Å². The first kappa shape index (κ1) is 74.6. The third-order valence-electron chi connectivity index (χ3n) is 15.0. The number of carbonyl (C=O) groups is 7. The van der Waals surface area contributed by atoms with Crippen molar-refractivity contribution in [2.45, 2.75) is 247 Å². The van der Waals surface area contributed by atoms with Crippen LogP contribution in [0.25, 0.3) is 0 Å². The van der Waals surface area contributed by atoms with Gasteiger partial charge in [-0.05, 0) is 81.0 Å². The van der Waals surface area contributed by atoms with Gasteiger partial charge < -0.3 is 50.8 Å². The van der Waals surface area contributed by atoms with Crippen LogP contribution in [0.1, 0.15) is 288 Å². The van der Waals surface area contributed by atoms with E-state index in [4.69, 9.17) is 18.9 Å². The van der Waals surface area contributed by atoms with Crippen molar-refractivity contribution in [1.82, 2.24) is 16.0 Å². The normalized spacial score (nSPS) is 10.9. The molecule has 3 aromatic rings. The highest BCUT2D eigenvalue weighted by atomic mass is 16.5. The zero-order chi connectivity index (χ0) is 63.1. The lowest BCUT2D eigenvalue weighted by atomic mass is 10.1. The Morgan fingerprint density at radius 3 is 1.20 bits per heavy atom. The first-order valence-corrected chi connectivity index (χ1v) is 33.6. The molecule has 87 heavy (non-hydrogen) atoms. The van der Waals surface area contributed by atoms with E-state index in [2.05, 4.69) is 73.4 Å². The van der Waals surface area contributed by atoms with Crippen LogP contribution in [0.4, 0.5) is 17.1 Å². The summed E-state index contributed by atoms with van der Waals surface area (Å²) in [5.74, 6) is -2.86. The van der Waals surface area contributed by atoms with Crippen LogP contribution in [0, 0.1) is 0 Å². The zero-order valence-electron chi connectivity index (χ0n) is 54.2. The van der Waals surface area contributed by atoms with E-state index in [-0.39, 0.29) is 63.5 Å². The van der Waals surface area contributed by atoms with Crippen LogP contribution >= 0.6 is 0 Å². The Labute approximate surface area is 521 Å². The lowest BCUT2D eigenvalue weighted by molar-refractivity contribution is -0.116. The Hall–Kier alpha value is -6.65. The van der Waals surface area contributed by atoms with Crippen LogP contribution in [0.3, 0.4) is 0 Å². The molecule has 3 aromatic carbocycles. The van der Waals surface area contributed by atoms with Gasteiger partial charge in [0.05, 0.1) is 61.8 Å². The summed E-state index contributed by atoms with van der Waals surface area (Å²) in [6.45, 7) is 13.7. The Morgan fingerprint density at radius 1 is 0.333 bits per heavy atom. The van der Waals surface area contributed by atoms with E-state index in [9.17, 15) is 33.6 Å². The second kappa shape index (κ2) is 47.4. The molecule has 0 heterocycles. The van der Waals surface area contributed by atoms with Crippen LogP contribution in [0.2, 0.25) is 0 Å².